The van der Waals surface area contributed by atoms with Gasteiger partial charge in [0.1, 0.15) is 11.8 Å². The Balaban J connectivity index is 1.29. The minimum absolute atomic E-state index is 0.174. The van der Waals surface area contributed by atoms with Crippen molar-refractivity contribution in [3.63, 3.8) is 0 Å². The van der Waals surface area contributed by atoms with E-state index in [1.54, 1.807) is 47.0 Å². The topological polar surface area (TPSA) is 154 Å². The first-order valence-corrected chi connectivity index (χ1v) is 13.4. The van der Waals surface area contributed by atoms with Gasteiger partial charge < -0.3 is 15.5 Å². The summed E-state index contributed by atoms with van der Waals surface area (Å²) in [5.41, 5.74) is 8.53. The number of aryl methyl sites for hydroxylation is 1. The van der Waals surface area contributed by atoms with Crippen molar-refractivity contribution >= 4 is 27.6 Å². The fraction of sp³-hybridized carbons (Fsp3) is 0.375. The zero-order valence-corrected chi connectivity index (χ0v) is 21.2. The normalized spacial score (nSPS) is 16.0. The van der Waals surface area contributed by atoms with Crippen molar-refractivity contribution in [2.75, 3.05) is 49.1 Å². The van der Waals surface area contributed by atoms with Gasteiger partial charge in [-0.05, 0) is 43.2 Å². The van der Waals surface area contributed by atoms with E-state index in [1.165, 1.54) is 10.5 Å². The highest BCUT2D eigenvalue weighted by atomic mass is 32.2. The average Bonchev–Trinajstić information content (AvgIpc) is 3.55. The lowest BCUT2D eigenvalue weighted by molar-refractivity contribution is 0.0989. The van der Waals surface area contributed by atoms with E-state index in [4.69, 9.17) is 5.73 Å². The third-order valence-corrected chi connectivity index (χ3v) is 8.44. The molecule has 4 heterocycles. The van der Waals surface area contributed by atoms with E-state index in [0.29, 0.717) is 62.0 Å². The van der Waals surface area contributed by atoms with E-state index in [1.807, 2.05) is 11.0 Å². The summed E-state index contributed by atoms with van der Waals surface area (Å²) in [6.45, 7) is 4.60. The molecule has 1 fully saturated rings. The van der Waals surface area contributed by atoms with Crippen molar-refractivity contribution in [1.29, 1.82) is 5.26 Å². The number of nitrogens with two attached hydrogens (primary N) is 1. The summed E-state index contributed by atoms with van der Waals surface area (Å²) in [6.07, 6.45) is 3.77. The van der Waals surface area contributed by atoms with Gasteiger partial charge in [0.15, 0.2) is 0 Å². The maximum atomic E-state index is 13.4. The predicted octanol–water partition coefficient (Wildman–Crippen LogP) is 0.526. The standard InChI is InChI=1S/C24H27N9O3S/c1-17-12-20(14-26)29-24(28-17)30-8-10-32(11-9-30)37(35,36)21-2-3-22-18(13-21)4-6-33(22)23(34)19-15-27-31(16-19)7-5-25/h2-3,12-13,15-16H,4-11,25H2,1H3. The predicted molar refractivity (Wildman–Crippen MR) is 136 cm³/mol. The number of fused-ring (bicyclic) bond motifs is 1. The highest BCUT2D eigenvalue weighted by Crippen LogP contribution is 2.32. The molecule has 1 saturated heterocycles. The number of nitriles is 1. The molecule has 3 aromatic rings. The average molecular weight is 522 g/mol. The van der Waals surface area contributed by atoms with Crippen LogP contribution in [0.3, 0.4) is 0 Å². The third-order valence-electron chi connectivity index (χ3n) is 6.55. The molecule has 5 rings (SSSR count). The first-order chi connectivity index (χ1) is 17.8. The molecule has 2 aromatic heterocycles. The van der Waals surface area contributed by atoms with Crippen LogP contribution in [-0.2, 0) is 23.0 Å². The van der Waals surface area contributed by atoms with Gasteiger partial charge in [0.25, 0.3) is 5.91 Å². The summed E-state index contributed by atoms with van der Waals surface area (Å²) in [5.74, 6) is 0.260. The lowest BCUT2D eigenvalue weighted by Gasteiger charge is -2.34. The van der Waals surface area contributed by atoms with E-state index in [-0.39, 0.29) is 29.6 Å². The number of piperazine rings is 1. The number of amides is 1. The monoisotopic (exact) mass is 521 g/mol. The number of nitrogens with zero attached hydrogens (tertiary/aromatic N) is 8. The summed E-state index contributed by atoms with van der Waals surface area (Å²) < 4.78 is 29.9. The van der Waals surface area contributed by atoms with Crippen molar-refractivity contribution in [1.82, 2.24) is 24.1 Å². The van der Waals surface area contributed by atoms with E-state index in [2.05, 4.69) is 15.1 Å². The Hall–Kier alpha value is -3.86. The van der Waals surface area contributed by atoms with Crippen LogP contribution in [0.4, 0.5) is 11.6 Å². The number of aromatic nitrogens is 4. The Kier molecular flexibility index (Phi) is 6.63. The number of carbonyl (C=O) groups is 1. The van der Waals surface area contributed by atoms with Crippen LogP contribution in [0.25, 0.3) is 0 Å². The molecule has 192 valence electrons. The molecule has 2 N–H and O–H groups in total. The highest BCUT2D eigenvalue weighted by molar-refractivity contribution is 7.89. The van der Waals surface area contributed by atoms with Gasteiger partial charge in [0.05, 0.1) is 23.2 Å². The van der Waals surface area contributed by atoms with Crippen molar-refractivity contribution in [2.24, 2.45) is 5.73 Å². The number of carbonyl (C=O) groups excluding carboxylic acids is 1. The molecule has 2 aliphatic heterocycles. The van der Waals surface area contributed by atoms with Crippen molar-refractivity contribution in [3.8, 4) is 6.07 Å². The fourth-order valence-corrected chi connectivity index (χ4v) is 6.14. The van der Waals surface area contributed by atoms with Crippen LogP contribution < -0.4 is 15.5 Å². The number of anilines is 2. The SMILES string of the molecule is Cc1cc(C#N)nc(N2CCN(S(=O)(=O)c3ccc4c(c3)CCN4C(=O)c3cnn(CCN)c3)CC2)n1. The number of hydrogen-bond acceptors (Lipinski definition) is 9. The summed E-state index contributed by atoms with van der Waals surface area (Å²) >= 11 is 0. The van der Waals surface area contributed by atoms with E-state index in [9.17, 15) is 18.5 Å². The number of rotatable bonds is 6. The Morgan fingerprint density at radius 1 is 1.14 bits per heavy atom. The first kappa shape index (κ1) is 24.8. The molecule has 1 amide bonds. The minimum atomic E-state index is -3.72. The van der Waals surface area contributed by atoms with Crippen molar-refractivity contribution < 1.29 is 13.2 Å². The molecule has 37 heavy (non-hydrogen) atoms. The number of hydrogen-bond donors (Lipinski definition) is 1. The fourth-order valence-electron chi connectivity index (χ4n) is 4.66. The molecule has 12 nitrogen and oxygen atoms in total. The highest BCUT2D eigenvalue weighted by Gasteiger charge is 2.32. The van der Waals surface area contributed by atoms with E-state index in [0.717, 1.165) is 5.56 Å². The second kappa shape index (κ2) is 9.89. The van der Waals surface area contributed by atoms with Gasteiger partial charge in [-0.3, -0.25) is 9.48 Å². The van der Waals surface area contributed by atoms with Gasteiger partial charge in [0, 0.05) is 56.8 Å². The van der Waals surface area contributed by atoms with Gasteiger partial charge in [-0.1, -0.05) is 0 Å². The van der Waals surface area contributed by atoms with Crippen LogP contribution in [0, 0.1) is 18.3 Å². The maximum Gasteiger partial charge on any atom is 0.261 e. The van der Waals surface area contributed by atoms with Crippen LogP contribution >= 0.6 is 0 Å². The molecule has 0 radical (unpaired) electrons. The third kappa shape index (κ3) is 4.78. The Morgan fingerprint density at radius 2 is 1.92 bits per heavy atom. The molecule has 0 saturated carbocycles. The molecule has 13 heteroatoms. The molecule has 0 unspecified atom stereocenters. The molecule has 0 bridgehead atoms. The molecule has 0 atom stereocenters. The Morgan fingerprint density at radius 3 is 2.65 bits per heavy atom. The number of sulfonamides is 1. The molecular weight excluding hydrogens is 494 g/mol. The van der Waals surface area contributed by atoms with E-state index >= 15 is 0 Å². The van der Waals surface area contributed by atoms with Crippen LogP contribution in [0.5, 0.6) is 0 Å². The zero-order chi connectivity index (χ0) is 26.2. The van der Waals surface area contributed by atoms with Crippen LogP contribution in [0.2, 0.25) is 0 Å². The first-order valence-electron chi connectivity index (χ1n) is 12.0. The van der Waals surface area contributed by atoms with Crippen molar-refractivity contribution in [2.45, 2.75) is 24.8 Å². The van der Waals surface area contributed by atoms with Gasteiger partial charge in [-0.25, -0.2) is 18.4 Å². The summed E-state index contributed by atoms with van der Waals surface area (Å²) in [4.78, 5) is 25.5. The summed E-state index contributed by atoms with van der Waals surface area (Å²) in [5, 5.41) is 13.3. The summed E-state index contributed by atoms with van der Waals surface area (Å²) in [6, 6.07) is 8.58. The van der Waals surface area contributed by atoms with Crippen LogP contribution in [0.1, 0.15) is 27.3 Å². The van der Waals surface area contributed by atoms with Crippen LogP contribution in [0.15, 0.2) is 41.6 Å². The lowest BCUT2D eigenvalue weighted by Crippen LogP contribution is -2.49. The number of benzene rings is 1. The van der Waals surface area contributed by atoms with Crippen molar-refractivity contribution in [3.05, 3.63) is 59.2 Å². The Bertz CT molecular complexity index is 1490. The minimum Gasteiger partial charge on any atom is -0.338 e. The molecule has 2 aliphatic rings. The lowest BCUT2D eigenvalue weighted by atomic mass is 10.2. The smallest absolute Gasteiger partial charge is 0.261 e. The second-order valence-electron chi connectivity index (χ2n) is 8.98. The Labute approximate surface area is 215 Å². The van der Waals surface area contributed by atoms with Gasteiger partial charge >= 0.3 is 0 Å². The summed E-state index contributed by atoms with van der Waals surface area (Å²) in [7, 11) is -3.72. The van der Waals surface area contributed by atoms with Gasteiger partial charge in [-0.15, -0.1) is 0 Å². The van der Waals surface area contributed by atoms with Crippen LogP contribution in [-0.4, -0.2) is 77.6 Å². The van der Waals surface area contributed by atoms with E-state index < -0.39 is 10.0 Å². The molecular formula is C24H27N9O3S. The van der Waals surface area contributed by atoms with Gasteiger partial charge in [-0.2, -0.15) is 14.7 Å². The van der Waals surface area contributed by atoms with Gasteiger partial charge in [0.2, 0.25) is 16.0 Å². The molecule has 0 spiro atoms. The maximum absolute atomic E-state index is 13.4. The zero-order valence-electron chi connectivity index (χ0n) is 20.4. The molecule has 1 aromatic carbocycles. The second-order valence-corrected chi connectivity index (χ2v) is 10.9. The molecule has 0 aliphatic carbocycles. The quantitative estimate of drug-likeness (QED) is 0.489. The largest absolute Gasteiger partial charge is 0.338 e.